The van der Waals surface area contributed by atoms with Gasteiger partial charge in [0.25, 0.3) is 5.56 Å². The summed E-state index contributed by atoms with van der Waals surface area (Å²) in [6.07, 6.45) is 4.17. The van der Waals surface area contributed by atoms with E-state index in [1.165, 1.54) is 4.57 Å². The second-order valence-electron chi connectivity index (χ2n) is 7.13. The number of nitrogens with two attached hydrogens (primary N) is 1. The van der Waals surface area contributed by atoms with E-state index in [0.717, 1.165) is 31.2 Å². The van der Waals surface area contributed by atoms with Crippen LogP contribution in [0.4, 0.5) is 0 Å². The lowest BCUT2D eigenvalue weighted by atomic mass is 10.0. The number of fused-ring (bicyclic) bond motifs is 1. The predicted octanol–water partition coefficient (Wildman–Crippen LogP) is 1.14. The summed E-state index contributed by atoms with van der Waals surface area (Å²) in [7, 11) is 0. The van der Waals surface area contributed by atoms with Crippen LogP contribution in [0.5, 0.6) is 0 Å². The normalized spacial score (nSPS) is 20.4. The van der Waals surface area contributed by atoms with Crippen molar-refractivity contribution >= 4 is 22.7 Å². The van der Waals surface area contributed by atoms with Crippen molar-refractivity contribution < 1.29 is 9.59 Å². The molecule has 26 heavy (non-hydrogen) atoms. The fourth-order valence-corrected chi connectivity index (χ4v) is 3.58. The smallest absolute Gasteiger partial charge is 0.262 e. The van der Waals surface area contributed by atoms with Gasteiger partial charge >= 0.3 is 0 Å². The molecule has 0 spiro atoms. The number of amides is 2. The maximum atomic E-state index is 13.3. The molecule has 7 heteroatoms. The van der Waals surface area contributed by atoms with Gasteiger partial charge < -0.3 is 5.73 Å². The van der Waals surface area contributed by atoms with E-state index < -0.39 is 11.9 Å². The summed E-state index contributed by atoms with van der Waals surface area (Å²) < 4.78 is 1.54. The van der Waals surface area contributed by atoms with Crippen molar-refractivity contribution in [3.63, 3.8) is 0 Å². The van der Waals surface area contributed by atoms with Gasteiger partial charge in [-0.2, -0.15) is 0 Å². The van der Waals surface area contributed by atoms with E-state index in [4.69, 9.17) is 10.7 Å². The Balaban J connectivity index is 1.85. The number of imide groups is 1. The largest absolute Gasteiger partial charge is 0.330 e. The summed E-state index contributed by atoms with van der Waals surface area (Å²) in [5, 5.41) is 2.87. The van der Waals surface area contributed by atoms with Crippen LogP contribution in [0.2, 0.25) is 0 Å². The number of nitrogens with zero attached hydrogens (tertiary/aromatic N) is 2. The Hall–Kier alpha value is -2.54. The molecule has 0 radical (unpaired) electrons. The van der Waals surface area contributed by atoms with Crippen LogP contribution in [-0.2, 0) is 16.0 Å². The zero-order valence-electron chi connectivity index (χ0n) is 14.5. The molecule has 1 saturated carbocycles. The average molecular weight is 354 g/mol. The number of carbonyl (C=O) groups is 2. The molecular weight excluding hydrogens is 332 g/mol. The predicted molar refractivity (Wildman–Crippen MR) is 96.8 cm³/mol. The molecule has 1 aromatic heterocycles. The van der Waals surface area contributed by atoms with Gasteiger partial charge in [0, 0.05) is 12.3 Å². The summed E-state index contributed by atoms with van der Waals surface area (Å²) >= 11 is 0. The molecule has 1 saturated heterocycles. The first-order valence-electron chi connectivity index (χ1n) is 9.17. The first-order chi connectivity index (χ1) is 12.6. The van der Waals surface area contributed by atoms with Crippen molar-refractivity contribution in [1.82, 2.24) is 14.9 Å². The van der Waals surface area contributed by atoms with E-state index in [1.54, 1.807) is 0 Å². The number of aromatic nitrogens is 2. The van der Waals surface area contributed by atoms with E-state index in [2.05, 4.69) is 5.32 Å². The standard InChI is InChI=1S/C19H22N4O3/c20-9-1-2-11-3-6-14-13(10-11)19(26)23(17(21-14)12-4-5-12)15-7-8-16(24)22-18(15)25/h3,6,10,12,15H,1-2,4-5,7-9,20H2,(H,22,24,25). The molecule has 0 bridgehead atoms. The van der Waals surface area contributed by atoms with Gasteiger partial charge in [-0.3, -0.25) is 24.3 Å². The Morgan fingerprint density at radius 2 is 2.00 bits per heavy atom. The summed E-state index contributed by atoms with van der Waals surface area (Å²) in [6.45, 7) is 0.595. The second kappa shape index (κ2) is 6.64. The molecule has 7 nitrogen and oxygen atoms in total. The van der Waals surface area contributed by atoms with Crippen molar-refractivity contribution in [2.45, 2.75) is 50.5 Å². The highest BCUT2D eigenvalue weighted by molar-refractivity contribution is 5.99. The number of hydrogen-bond acceptors (Lipinski definition) is 5. The van der Waals surface area contributed by atoms with Crippen LogP contribution in [0.15, 0.2) is 23.0 Å². The zero-order valence-corrected chi connectivity index (χ0v) is 14.5. The molecule has 1 aliphatic heterocycles. The molecule has 2 amide bonds. The minimum Gasteiger partial charge on any atom is -0.330 e. The van der Waals surface area contributed by atoms with Crippen LogP contribution >= 0.6 is 0 Å². The number of benzene rings is 1. The molecule has 2 aromatic rings. The number of carbonyl (C=O) groups excluding carboxylic acids is 2. The van der Waals surface area contributed by atoms with E-state index in [-0.39, 0.29) is 23.8 Å². The van der Waals surface area contributed by atoms with Gasteiger partial charge in [0.05, 0.1) is 10.9 Å². The van der Waals surface area contributed by atoms with Gasteiger partial charge in [-0.1, -0.05) is 6.07 Å². The number of rotatable bonds is 5. The summed E-state index contributed by atoms with van der Waals surface area (Å²) in [5.74, 6) is 0.192. The van der Waals surface area contributed by atoms with Crippen LogP contribution in [-0.4, -0.2) is 27.9 Å². The Labute approximate surface area is 150 Å². The third-order valence-electron chi connectivity index (χ3n) is 5.13. The first-order valence-corrected chi connectivity index (χ1v) is 9.17. The molecule has 1 atom stereocenters. The van der Waals surface area contributed by atoms with Gasteiger partial charge in [-0.05, 0) is 56.3 Å². The van der Waals surface area contributed by atoms with Crippen molar-refractivity contribution in [3.8, 4) is 0 Å². The lowest BCUT2D eigenvalue weighted by Crippen LogP contribution is -2.45. The van der Waals surface area contributed by atoms with Crippen LogP contribution in [0.1, 0.15) is 55.5 Å². The van der Waals surface area contributed by atoms with E-state index in [0.29, 0.717) is 29.7 Å². The molecule has 2 aliphatic rings. The van der Waals surface area contributed by atoms with Crippen molar-refractivity contribution in [2.24, 2.45) is 5.73 Å². The SMILES string of the molecule is NCCCc1ccc2nc(C3CC3)n(C3CCC(=O)NC3=O)c(=O)c2c1. The number of hydrogen-bond donors (Lipinski definition) is 2. The van der Waals surface area contributed by atoms with E-state index in [9.17, 15) is 14.4 Å². The van der Waals surface area contributed by atoms with Gasteiger partial charge in [-0.25, -0.2) is 4.98 Å². The average Bonchev–Trinajstić information content (AvgIpc) is 3.46. The zero-order chi connectivity index (χ0) is 18.3. The van der Waals surface area contributed by atoms with Gasteiger partial charge in [0.2, 0.25) is 11.8 Å². The Morgan fingerprint density at radius 3 is 2.69 bits per heavy atom. The Kier molecular flexibility index (Phi) is 4.32. The van der Waals surface area contributed by atoms with Crippen molar-refractivity contribution in [1.29, 1.82) is 0 Å². The second-order valence-corrected chi connectivity index (χ2v) is 7.13. The van der Waals surface area contributed by atoms with Crippen LogP contribution < -0.4 is 16.6 Å². The highest BCUT2D eigenvalue weighted by Crippen LogP contribution is 2.40. The minimum atomic E-state index is -0.666. The topological polar surface area (TPSA) is 107 Å². The summed E-state index contributed by atoms with van der Waals surface area (Å²) in [6, 6.07) is 5.06. The summed E-state index contributed by atoms with van der Waals surface area (Å²) in [5.41, 5.74) is 7.09. The monoisotopic (exact) mass is 354 g/mol. The highest BCUT2D eigenvalue weighted by atomic mass is 16.2. The molecule has 1 unspecified atom stereocenters. The fraction of sp³-hybridized carbons (Fsp3) is 0.474. The number of piperidine rings is 1. The molecule has 1 aromatic carbocycles. The van der Waals surface area contributed by atoms with Crippen molar-refractivity contribution in [3.05, 3.63) is 39.9 Å². The van der Waals surface area contributed by atoms with Crippen LogP contribution in [0.25, 0.3) is 10.9 Å². The van der Waals surface area contributed by atoms with E-state index >= 15 is 0 Å². The number of nitrogens with one attached hydrogen (secondary N) is 1. The third-order valence-corrected chi connectivity index (χ3v) is 5.13. The van der Waals surface area contributed by atoms with Gasteiger partial charge in [0.15, 0.2) is 0 Å². The summed E-state index contributed by atoms with van der Waals surface area (Å²) in [4.78, 5) is 41.8. The first kappa shape index (κ1) is 16.9. The lowest BCUT2D eigenvalue weighted by molar-refractivity contribution is -0.135. The Bertz CT molecular complexity index is 946. The quantitative estimate of drug-likeness (QED) is 0.783. The lowest BCUT2D eigenvalue weighted by Gasteiger charge is -2.25. The molecule has 2 heterocycles. The molecule has 3 N–H and O–H groups in total. The molecule has 2 fully saturated rings. The molecule has 1 aliphatic carbocycles. The minimum absolute atomic E-state index is 0.194. The van der Waals surface area contributed by atoms with Gasteiger partial charge in [-0.15, -0.1) is 0 Å². The third kappa shape index (κ3) is 3.03. The highest BCUT2D eigenvalue weighted by Gasteiger charge is 2.36. The van der Waals surface area contributed by atoms with Crippen LogP contribution in [0, 0.1) is 0 Å². The van der Waals surface area contributed by atoms with Crippen LogP contribution in [0.3, 0.4) is 0 Å². The maximum absolute atomic E-state index is 13.3. The van der Waals surface area contributed by atoms with Gasteiger partial charge in [0.1, 0.15) is 11.9 Å². The fourth-order valence-electron chi connectivity index (χ4n) is 3.58. The molecule has 136 valence electrons. The Morgan fingerprint density at radius 1 is 1.19 bits per heavy atom. The molecular formula is C19H22N4O3. The molecule has 4 rings (SSSR count). The number of aryl methyl sites for hydroxylation is 1. The maximum Gasteiger partial charge on any atom is 0.262 e. The van der Waals surface area contributed by atoms with Crippen molar-refractivity contribution in [2.75, 3.05) is 6.54 Å². The van der Waals surface area contributed by atoms with E-state index in [1.807, 2.05) is 18.2 Å².